The van der Waals surface area contributed by atoms with Crippen LogP contribution in [0, 0.1) is 5.92 Å². The molecule has 3 saturated heterocycles. The van der Waals surface area contributed by atoms with Crippen molar-refractivity contribution in [2.75, 3.05) is 40.3 Å². The minimum absolute atomic E-state index is 0.201. The van der Waals surface area contributed by atoms with Crippen LogP contribution in [0.5, 0.6) is 0 Å². The Bertz CT molecular complexity index is 772. The van der Waals surface area contributed by atoms with E-state index in [1.165, 1.54) is 18.4 Å². The molecule has 3 aliphatic rings. The average molecular weight is 367 g/mol. The molecule has 144 valence electrons. The van der Waals surface area contributed by atoms with Crippen molar-refractivity contribution >= 4 is 5.91 Å². The van der Waals surface area contributed by atoms with Crippen LogP contribution in [-0.4, -0.2) is 76.7 Å². The summed E-state index contributed by atoms with van der Waals surface area (Å²) < 4.78 is 1.95. The van der Waals surface area contributed by atoms with E-state index in [-0.39, 0.29) is 5.91 Å². The quantitative estimate of drug-likeness (QED) is 0.809. The first kappa shape index (κ1) is 18.2. The maximum Gasteiger partial charge on any atom is 0.236 e. The minimum atomic E-state index is 0.201. The summed E-state index contributed by atoms with van der Waals surface area (Å²) in [4.78, 5) is 18.8. The van der Waals surface area contributed by atoms with Crippen LogP contribution in [-0.2, 0) is 11.3 Å². The predicted molar refractivity (Wildman–Crippen MR) is 106 cm³/mol. The number of piperidine rings is 1. The summed E-state index contributed by atoms with van der Waals surface area (Å²) in [5.74, 6) is 0.856. The molecule has 1 amide bonds. The van der Waals surface area contributed by atoms with Crippen molar-refractivity contribution in [2.45, 2.75) is 25.4 Å². The van der Waals surface area contributed by atoms with Crippen molar-refractivity contribution in [3.63, 3.8) is 0 Å². The number of fused-ring (bicyclic) bond motifs is 4. The van der Waals surface area contributed by atoms with E-state index in [9.17, 15) is 4.79 Å². The Morgan fingerprint density at radius 3 is 2.74 bits per heavy atom. The van der Waals surface area contributed by atoms with E-state index in [0.29, 0.717) is 18.5 Å². The second-order valence-corrected chi connectivity index (χ2v) is 8.14. The van der Waals surface area contributed by atoms with Gasteiger partial charge in [-0.3, -0.25) is 14.6 Å². The standard InChI is InChI=1S/C21H29N5O/c1-23(2)21(27)16-24-11-17-8-9-20(15-24)25(12-17)13-18-10-22-26(14-18)19-6-4-3-5-7-19/h3-7,10,14,17,20H,8-9,11-13,15-16H2,1-2H3/t17-,20+/m1/s1. The molecule has 0 saturated carbocycles. The molecule has 3 aliphatic heterocycles. The van der Waals surface area contributed by atoms with Gasteiger partial charge >= 0.3 is 0 Å². The highest BCUT2D eigenvalue weighted by Crippen LogP contribution is 2.29. The number of benzene rings is 1. The molecule has 4 heterocycles. The van der Waals surface area contributed by atoms with Gasteiger partial charge in [-0.2, -0.15) is 5.10 Å². The number of carbonyl (C=O) groups excluding carboxylic acids is 1. The third kappa shape index (κ3) is 4.22. The van der Waals surface area contributed by atoms with E-state index in [1.807, 2.05) is 43.2 Å². The van der Waals surface area contributed by atoms with Gasteiger partial charge in [0.1, 0.15) is 0 Å². The van der Waals surface area contributed by atoms with Gasteiger partial charge in [-0.1, -0.05) is 18.2 Å². The number of hydrogen-bond acceptors (Lipinski definition) is 4. The zero-order chi connectivity index (χ0) is 18.8. The van der Waals surface area contributed by atoms with Crippen molar-refractivity contribution in [1.29, 1.82) is 0 Å². The average Bonchev–Trinajstić information content (AvgIpc) is 2.96. The van der Waals surface area contributed by atoms with Crippen LogP contribution in [0.2, 0.25) is 0 Å². The Morgan fingerprint density at radius 2 is 1.96 bits per heavy atom. The van der Waals surface area contributed by atoms with Crippen LogP contribution in [0.25, 0.3) is 5.69 Å². The van der Waals surface area contributed by atoms with E-state index in [4.69, 9.17) is 0 Å². The molecule has 0 unspecified atom stereocenters. The molecular weight excluding hydrogens is 338 g/mol. The van der Waals surface area contributed by atoms with Gasteiger partial charge in [0, 0.05) is 58.1 Å². The molecule has 0 N–H and O–H groups in total. The second-order valence-electron chi connectivity index (χ2n) is 8.14. The van der Waals surface area contributed by atoms with Gasteiger partial charge < -0.3 is 4.90 Å². The summed E-state index contributed by atoms with van der Waals surface area (Å²) >= 11 is 0. The number of amides is 1. The highest BCUT2D eigenvalue weighted by molar-refractivity contribution is 5.77. The Kier molecular flexibility index (Phi) is 5.27. The molecular formula is C21H29N5O. The van der Waals surface area contributed by atoms with Crippen LogP contribution < -0.4 is 0 Å². The number of rotatable bonds is 5. The van der Waals surface area contributed by atoms with Crippen LogP contribution in [0.1, 0.15) is 18.4 Å². The zero-order valence-electron chi connectivity index (χ0n) is 16.3. The number of carbonyl (C=O) groups is 1. The van der Waals surface area contributed by atoms with Gasteiger partial charge in [0.2, 0.25) is 5.91 Å². The van der Waals surface area contributed by atoms with E-state index >= 15 is 0 Å². The number of aromatic nitrogens is 2. The summed E-state index contributed by atoms with van der Waals surface area (Å²) in [6.07, 6.45) is 6.63. The molecule has 3 fully saturated rings. The molecule has 0 spiro atoms. The monoisotopic (exact) mass is 367 g/mol. The second kappa shape index (κ2) is 7.82. The van der Waals surface area contributed by atoms with Crippen LogP contribution in [0.4, 0.5) is 0 Å². The highest BCUT2D eigenvalue weighted by atomic mass is 16.2. The molecule has 5 rings (SSSR count). The lowest BCUT2D eigenvalue weighted by Crippen LogP contribution is -2.44. The summed E-state index contributed by atoms with van der Waals surface area (Å²) in [5.41, 5.74) is 2.34. The molecule has 1 aromatic heterocycles. The van der Waals surface area contributed by atoms with Gasteiger partial charge in [-0.15, -0.1) is 0 Å². The Labute approximate surface area is 161 Å². The third-order valence-electron chi connectivity index (χ3n) is 5.80. The molecule has 6 heteroatoms. The Morgan fingerprint density at radius 1 is 1.15 bits per heavy atom. The summed E-state index contributed by atoms with van der Waals surface area (Å²) in [5, 5.41) is 4.54. The van der Waals surface area contributed by atoms with Crippen molar-refractivity contribution in [3.05, 3.63) is 48.3 Å². The van der Waals surface area contributed by atoms with E-state index in [2.05, 4.69) is 33.2 Å². The first-order valence-electron chi connectivity index (χ1n) is 9.84. The third-order valence-corrected chi connectivity index (χ3v) is 5.80. The van der Waals surface area contributed by atoms with Crippen molar-refractivity contribution in [3.8, 4) is 5.69 Å². The minimum Gasteiger partial charge on any atom is -0.348 e. The van der Waals surface area contributed by atoms with Crippen LogP contribution in [0.3, 0.4) is 0 Å². The lowest BCUT2D eigenvalue weighted by Gasteiger charge is -2.35. The zero-order valence-corrected chi connectivity index (χ0v) is 16.3. The van der Waals surface area contributed by atoms with E-state index in [0.717, 1.165) is 31.9 Å². The fraction of sp³-hybridized carbons (Fsp3) is 0.524. The van der Waals surface area contributed by atoms with Crippen LogP contribution >= 0.6 is 0 Å². The SMILES string of the molecule is CN(C)C(=O)CN1C[C@H]2CC[C@@H](C1)N(Cc1cnn(-c3ccccc3)c1)C2. The summed E-state index contributed by atoms with van der Waals surface area (Å²) in [7, 11) is 3.68. The molecule has 0 aliphatic carbocycles. The molecule has 1 aromatic carbocycles. The fourth-order valence-corrected chi connectivity index (χ4v) is 4.33. The number of nitrogens with zero attached hydrogens (tertiary/aromatic N) is 5. The number of para-hydroxylation sites is 1. The van der Waals surface area contributed by atoms with Crippen molar-refractivity contribution < 1.29 is 4.79 Å². The first-order chi connectivity index (χ1) is 13.1. The maximum absolute atomic E-state index is 12.1. The lowest BCUT2D eigenvalue weighted by molar-refractivity contribution is -0.130. The van der Waals surface area contributed by atoms with E-state index < -0.39 is 0 Å². The molecule has 2 bridgehead atoms. The fourth-order valence-electron chi connectivity index (χ4n) is 4.33. The van der Waals surface area contributed by atoms with Crippen LogP contribution in [0.15, 0.2) is 42.7 Å². The molecule has 6 nitrogen and oxygen atoms in total. The van der Waals surface area contributed by atoms with Gasteiger partial charge in [0.05, 0.1) is 18.4 Å². The highest BCUT2D eigenvalue weighted by Gasteiger charge is 2.35. The molecule has 27 heavy (non-hydrogen) atoms. The topological polar surface area (TPSA) is 44.6 Å². The Hall–Kier alpha value is -2.18. The summed E-state index contributed by atoms with van der Waals surface area (Å²) in [6, 6.07) is 10.8. The summed E-state index contributed by atoms with van der Waals surface area (Å²) in [6.45, 7) is 4.62. The molecule has 2 atom stereocenters. The molecule has 2 aromatic rings. The molecule has 0 radical (unpaired) electrons. The Balaban J connectivity index is 1.42. The van der Waals surface area contributed by atoms with Gasteiger partial charge in [0.15, 0.2) is 0 Å². The van der Waals surface area contributed by atoms with Gasteiger partial charge in [-0.25, -0.2) is 4.68 Å². The first-order valence-corrected chi connectivity index (χ1v) is 9.84. The normalized spacial score (nSPS) is 23.3. The maximum atomic E-state index is 12.1. The van der Waals surface area contributed by atoms with E-state index in [1.54, 1.807) is 4.90 Å². The lowest BCUT2D eigenvalue weighted by atomic mass is 9.95. The largest absolute Gasteiger partial charge is 0.348 e. The van der Waals surface area contributed by atoms with Crippen molar-refractivity contribution in [2.24, 2.45) is 5.92 Å². The smallest absolute Gasteiger partial charge is 0.236 e. The van der Waals surface area contributed by atoms with Gasteiger partial charge in [-0.05, 0) is 30.9 Å². The van der Waals surface area contributed by atoms with Crippen molar-refractivity contribution in [1.82, 2.24) is 24.5 Å². The van der Waals surface area contributed by atoms with Gasteiger partial charge in [0.25, 0.3) is 0 Å². The predicted octanol–water partition coefficient (Wildman–Crippen LogP) is 1.86. The number of likely N-dealkylation sites (N-methyl/N-ethyl adjacent to an activating group) is 1. The number of hydrogen-bond donors (Lipinski definition) is 0.